The predicted octanol–water partition coefficient (Wildman–Crippen LogP) is 4.32. The lowest BCUT2D eigenvalue weighted by Crippen LogP contribution is -2.39. The van der Waals surface area contributed by atoms with Gasteiger partial charge in [0.05, 0.1) is 10.8 Å². The Morgan fingerprint density at radius 3 is 2.59 bits per heavy atom. The number of carbonyl (C=O) groups is 1. The zero-order chi connectivity index (χ0) is 20.4. The number of amides is 1. The standard InChI is InChI=1S/C20H17ClN4O4/c21-16-7-3-13(4-8-16)18-22-19(29-23-18)15-2-1-11-24(12-15)20(26)14-5-9-17(10-6-14)25(27)28/h3-10,15H,1-2,11-12H2/t15-/m0/s1. The van der Waals surface area contributed by atoms with E-state index in [-0.39, 0.29) is 17.5 Å². The predicted molar refractivity (Wildman–Crippen MR) is 106 cm³/mol. The third kappa shape index (κ3) is 4.12. The Morgan fingerprint density at radius 2 is 1.90 bits per heavy atom. The lowest BCUT2D eigenvalue weighted by molar-refractivity contribution is -0.384. The van der Waals surface area contributed by atoms with E-state index in [9.17, 15) is 14.9 Å². The maximum absolute atomic E-state index is 12.8. The van der Waals surface area contributed by atoms with Gasteiger partial charge in [-0.05, 0) is 49.2 Å². The molecule has 8 nitrogen and oxygen atoms in total. The van der Waals surface area contributed by atoms with E-state index in [2.05, 4.69) is 10.1 Å². The van der Waals surface area contributed by atoms with Crippen LogP contribution in [0.5, 0.6) is 0 Å². The first-order valence-electron chi connectivity index (χ1n) is 9.14. The number of non-ortho nitro benzene ring substituents is 1. The number of aromatic nitrogens is 2. The molecule has 1 aromatic heterocycles. The van der Waals surface area contributed by atoms with Gasteiger partial charge in [0.15, 0.2) is 0 Å². The van der Waals surface area contributed by atoms with Crippen molar-refractivity contribution < 1.29 is 14.2 Å². The number of nitro benzene ring substituents is 1. The number of nitrogens with zero attached hydrogens (tertiary/aromatic N) is 4. The highest BCUT2D eigenvalue weighted by Gasteiger charge is 2.29. The number of likely N-dealkylation sites (tertiary alicyclic amines) is 1. The minimum absolute atomic E-state index is 0.0429. The third-order valence-corrected chi connectivity index (χ3v) is 5.18. The van der Waals surface area contributed by atoms with Gasteiger partial charge in [-0.15, -0.1) is 0 Å². The third-order valence-electron chi connectivity index (χ3n) is 4.93. The van der Waals surface area contributed by atoms with Gasteiger partial charge in [0.2, 0.25) is 11.7 Å². The van der Waals surface area contributed by atoms with Crippen LogP contribution in [0.1, 0.15) is 35.0 Å². The van der Waals surface area contributed by atoms with Crippen LogP contribution < -0.4 is 0 Å². The number of hydrogen-bond donors (Lipinski definition) is 0. The molecule has 2 heterocycles. The lowest BCUT2D eigenvalue weighted by Gasteiger charge is -2.31. The van der Waals surface area contributed by atoms with E-state index in [1.54, 1.807) is 17.0 Å². The summed E-state index contributed by atoms with van der Waals surface area (Å²) in [6.45, 7) is 1.07. The van der Waals surface area contributed by atoms with Crippen molar-refractivity contribution in [1.82, 2.24) is 15.0 Å². The monoisotopic (exact) mass is 412 g/mol. The molecule has 0 bridgehead atoms. The van der Waals surface area contributed by atoms with Crippen LogP contribution in [-0.4, -0.2) is 39.0 Å². The van der Waals surface area contributed by atoms with Crippen molar-refractivity contribution >= 4 is 23.2 Å². The van der Waals surface area contributed by atoms with E-state index in [1.165, 1.54) is 24.3 Å². The molecule has 148 valence electrons. The molecule has 0 saturated carbocycles. The Bertz CT molecular complexity index is 1030. The number of carbonyl (C=O) groups excluding carboxylic acids is 1. The topological polar surface area (TPSA) is 102 Å². The first-order chi connectivity index (χ1) is 14.0. The molecule has 1 aliphatic rings. The van der Waals surface area contributed by atoms with Gasteiger partial charge < -0.3 is 9.42 Å². The number of rotatable bonds is 4. The van der Waals surface area contributed by atoms with Gasteiger partial charge in [0.25, 0.3) is 11.6 Å². The number of benzene rings is 2. The van der Waals surface area contributed by atoms with Gasteiger partial charge in [0.1, 0.15) is 0 Å². The highest BCUT2D eigenvalue weighted by atomic mass is 35.5. The fourth-order valence-electron chi connectivity index (χ4n) is 3.39. The smallest absolute Gasteiger partial charge is 0.269 e. The fraction of sp³-hybridized carbons (Fsp3) is 0.250. The summed E-state index contributed by atoms with van der Waals surface area (Å²) >= 11 is 5.91. The Kier molecular flexibility index (Phi) is 5.26. The van der Waals surface area contributed by atoms with Crippen molar-refractivity contribution in [3.8, 4) is 11.4 Å². The largest absolute Gasteiger partial charge is 0.339 e. The summed E-state index contributed by atoms with van der Waals surface area (Å²) < 4.78 is 5.46. The lowest BCUT2D eigenvalue weighted by atomic mass is 9.97. The Morgan fingerprint density at radius 1 is 1.17 bits per heavy atom. The van der Waals surface area contributed by atoms with Crippen LogP contribution in [0.4, 0.5) is 5.69 Å². The minimum atomic E-state index is -0.487. The van der Waals surface area contributed by atoms with Crippen LogP contribution in [-0.2, 0) is 0 Å². The van der Waals surface area contributed by atoms with Gasteiger partial charge in [-0.2, -0.15) is 4.98 Å². The van der Waals surface area contributed by atoms with E-state index < -0.39 is 4.92 Å². The van der Waals surface area contributed by atoms with Gasteiger partial charge in [-0.25, -0.2) is 0 Å². The molecule has 29 heavy (non-hydrogen) atoms. The highest BCUT2D eigenvalue weighted by Crippen LogP contribution is 2.29. The van der Waals surface area contributed by atoms with Gasteiger partial charge in [0, 0.05) is 41.4 Å². The Balaban J connectivity index is 1.47. The van der Waals surface area contributed by atoms with Gasteiger partial charge in [-0.1, -0.05) is 16.8 Å². The first kappa shape index (κ1) is 19.1. The molecule has 9 heteroatoms. The molecular formula is C20H17ClN4O4. The van der Waals surface area contributed by atoms with Crippen molar-refractivity contribution in [2.24, 2.45) is 0 Å². The average molecular weight is 413 g/mol. The summed E-state index contributed by atoms with van der Waals surface area (Å²) in [6, 6.07) is 12.8. The first-order valence-corrected chi connectivity index (χ1v) is 9.52. The number of halogens is 1. The van der Waals surface area contributed by atoms with Gasteiger partial charge >= 0.3 is 0 Å². The zero-order valence-corrected chi connectivity index (χ0v) is 16.1. The maximum atomic E-state index is 12.8. The van der Waals surface area contributed by atoms with Crippen molar-refractivity contribution in [1.29, 1.82) is 0 Å². The summed E-state index contributed by atoms with van der Waals surface area (Å²) in [7, 11) is 0. The van der Waals surface area contributed by atoms with E-state index in [0.717, 1.165) is 18.4 Å². The zero-order valence-electron chi connectivity index (χ0n) is 15.3. The van der Waals surface area contributed by atoms with Crippen molar-refractivity contribution in [2.75, 3.05) is 13.1 Å². The van der Waals surface area contributed by atoms with Crippen molar-refractivity contribution in [2.45, 2.75) is 18.8 Å². The van der Waals surface area contributed by atoms with E-state index in [0.29, 0.717) is 35.4 Å². The second-order valence-electron chi connectivity index (χ2n) is 6.86. The van der Waals surface area contributed by atoms with Crippen LogP contribution in [0.3, 0.4) is 0 Å². The summed E-state index contributed by atoms with van der Waals surface area (Å²) in [5.41, 5.74) is 1.18. The Labute approximate surface area is 171 Å². The molecule has 0 radical (unpaired) electrons. The van der Waals surface area contributed by atoms with Crippen LogP contribution in [0, 0.1) is 10.1 Å². The molecule has 0 spiro atoms. The average Bonchev–Trinajstić information content (AvgIpc) is 3.24. The molecule has 1 atom stereocenters. The second kappa shape index (κ2) is 8.00. The molecule has 0 unspecified atom stereocenters. The summed E-state index contributed by atoms with van der Waals surface area (Å²) in [5, 5.41) is 15.5. The van der Waals surface area contributed by atoms with Crippen LogP contribution in [0.25, 0.3) is 11.4 Å². The molecule has 0 aliphatic carbocycles. The summed E-state index contributed by atoms with van der Waals surface area (Å²) in [6.07, 6.45) is 1.65. The van der Waals surface area contributed by atoms with Crippen LogP contribution >= 0.6 is 11.6 Å². The minimum Gasteiger partial charge on any atom is -0.339 e. The van der Waals surface area contributed by atoms with Crippen molar-refractivity contribution in [3.05, 3.63) is 75.1 Å². The van der Waals surface area contributed by atoms with E-state index in [4.69, 9.17) is 16.1 Å². The fourth-order valence-corrected chi connectivity index (χ4v) is 3.51. The Hall–Kier alpha value is -3.26. The molecule has 0 N–H and O–H groups in total. The quantitative estimate of drug-likeness (QED) is 0.467. The molecule has 1 aliphatic heterocycles. The summed E-state index contributed by atoms with van der Waals surface area (Å²) in [5.74, 6) is 0.757. The molecular weight excluding hydrogens is 396 g/mol. The second-order valence-corrected chi connectivity index (χ2v) is 7.29. The normalized spacial score (nSPS) is 16.6. The van der Waals surface area contributed by atoms with Crippen LogP contribution in [0.2, 0.25) is 5.02 Å². The van der Waals surface area contributed by atoms with Gasteiger partial charge in [-0.3, -0.25) is 14.9 Å². The number of piperidine rings is 1. The number of nitro groups is 1. The molecule has 4 rings (SSSR count). The SMILES string of the molecule is O=C(c1ccc([N+](=O)[O-])cc1)N1CCC[C@H](c2nc(-c3ccc(Cl)cc3)no2)C1. The summed E-state index contributed by atoms with van der Waals surface area (Å²) in [4.78, 5) is 29.3. The molecule has 3 aromatic rings. The maximum Gasteiger partial charge on any atom is 0.269 e. The molecule has 1 amide bonds. The molecule has 1 fully saturated rings. The highest BCUT2D eigenvalue weighted by molar-refractivity contribution is 6.30. The van der Waals surface area contributed by atoms with E-state index >= 15 is 0 Å². The molecule has 1 saturated heterocycles. The van der Waals surface area contributed by atoms with Crippen LogP contribution in [0.15, 0.2) is 53.1 Å². The number of hydrogen-bond acceptors (Lipinski definition) is 6. The molecule has 2 aromatic carbocycles. The van der Waals surface area contributed by atoms with E-state index in [1.807, 2.05) is 12.1 Å². The van der Waals surface area contributed by atoms with Crippen molar-refractivity contribution in [3.63, 3.8) is 0 Å².